The molecular formula is C23H30N2O2S. The Balaban J connectivity index is 1.55. The van der Waals surface area contributed by atoms with E-state index in [9.17, 15) is 8.42 Å². The Bertz CT molecular complexity index is 907. The second-order valence-corrected chi connectivity index (χ2v) is 10.2. The standard InChI is InChI=1S/C23H30N2O2S/c1-24-23-13-12-19-11-10-18(16-25-28(26,27)20-8-5-9-20)15-21(19)22(23)14-17-6-3-2-4-7-17/h2-4,6-7,10-11,15,20,22-25H,5,8-9,12-14,16H2,1H3. The molecule has 0 aromatic heterocycles. The van der Waals surface area contributed by atoms with Crippen LogP contribution in [0.4, 0.5) is 0 Å². The van der Waals surface area contributed by atoms with E-state index in [4.69, 9.17) is 0 Å². The first kappa shape index (κ1) is 19.6. The third-order valence-corrected chi connectivity index (χ3v) is 8.35. The maximum absolute atomic E-state index is 12.4. The first-order valence-corrected chi connectivity index (χ1v) is 11.9. The molecule has 5 heteroatoms. The van der Waals surface area contributed by atoms with Crippen molar-refractivity contribution in [2.24, 2.45) is 0 Å². The summed E-state index contributed by atoms with van der Waals surface area (Å²) in [5.41, 5.74) is 5.17. The summed E-state index contributed by atoms with van der Waals surface area (Å²) in [6, 6.07) is 17.6. The number of fused-ring (bicyclic) bond motifs is 1. The fraction of sp³-hybridized carbons (Fsp3) is 0.478. The number of rotatable bonds is 7. The molecule has 2 unspecified atom stereocenters. The van der Waals surface area contributed by atoms with E-state index in [2.05, 4.69) is 58.6 Å². The average molecular weight is 399 g/mol. The van der Waals surface area contributed by atoms with Gasteiger partial charge in [-0.3, -0.25) is 0 Å². The average Bonchev–Trinajstić information content (AvgIpc) is 2.66. The molecule has 28 heavy (non-hydrogen) atoms. The third-order valence-electron chi connectivity index (χ3n) is 6.46. The van der Waals surface area contributed by atoms with Crippen LogP contribution in [0.1, 0.15) is 53.9 Å². The van der Waals surface area contributed by atoms with Gasteiger partial charge >= 0.3 is 0 Å². The van der Waals surface area contributed by atoms with Gasteiger partial charge < -0.3 is 5.32 Å². The van der Waals surface area contributed by atoms with Crippen molar-refractivity contribution in [3.05, 3.63) is 70.8 Å². The summed E-state index contributed by atoms with van der Waals surface area (Å²) in [5, 5.41) is 3.32. The largest absolute Gasteiger partial charge is 0.316 e. The highest BCUT2D eigenvalue weighted by molar-refractivity contribution is 7.90. The number of aryl methyl sites for hydroxylation is 1. The number of likely N-dealkylation sites (N-methyl/N-ethyl adjacent to an activating group) is 1. The Hall–Kier alpha value is -1.69. The van der Waals surface area contributed by atoms with Crippen molar-refractivity contribution in [3.8, 4) is 0 Å². The van der Waals surface area contributed by atoms with Gasteiger partial charge in [0.1, 0.15) is 0 Å². The van der Waals surface area contributed by atoms with Gasteiger partial charge in [-0.15, -0.1) is 0 Å². The lowest BCUT2D eigenvalue weighted by atomic mass is 9.75. The van der Waals surface area contributed by atoms with Gasteiger partial charge in [-0.05, 0) is 61.4 Å². The zero-order chi connectivity index (χ0) is 19.6. The molecule has 2 aliphatic rings. The van der Waals surface area contributed by atoms with E-state index < -0.39 is 10.0 Å². The number of benzene rings is 2. The number of nitrogens with one attached hydrogen (secondary N) is 2. The van der Waals surface area contributed by atoms with Crippen molar-refractivity contribution in [1.29, 1.82) is 0 Å². The minimum absolute atomic E-state index is 0.190. The van der Waals surface area contributed by atoms with E-state index in [1.165, 1.54) is 16.7 Å². The molecule has 150 valence electrons. The van der Waals surface area contributed by atoms with Crippen molar-refractivity contribution in [1.82, 2.24) is 10.0 Å². The molecule has 2 aromatic carbocycles. The molecule has 0 spiro atoms. The lowest BCUT2D eigenvalue weighted by molar-refractivity contribution is 0.409. The molecule has 2 aliphatic carbocycles. The maximum atomic E-state index is 12.4. The van der Waals surface area contributed by atoms with Crippen LogP contribution in [0.25, 0.3) is 0 Å². The van der Waals surface area contributed by atoms with Crippen LogP contribution in [0.15, 0.2) is 48.5 Å². The van der Waals surface area contributed by atoms with Gasteiger partial charge in [0, 0.05) is 18.5 Å². The molecule has 1 saturated carbocycles. The summed E-state index contributed by atoms with van der Waals surface area (Å²) in [7, 11) is -1.14. The zero-order valence-electron chi connectivity index (χ0n) is 16.5. The summed E-state index contributed by atoms with van der Waals surface area (Å²) in [6.45, 7) is 0.383. The Morgan fingerprint density at radius 2 is 1.79 bits per heavy atom. The van der Waals surface area contributed by atoms with Crippen molar-refractivity contribution >= 4 is 10.0 Å². The van der Waals surface area contributed by atoms with Gasteiger partial charge in [-0.1, -0.05) is 55.0 Å². The van der Waals surface area contributed by atoms with E-state index in [1.807, 2.05) is 7.05 Å². The highest BCUT2D eigenvalue weighted by Gasteiger charge is 2.31. The molecule has 2 N–H and O–H groups in total. The number of sulfonamides is 1. The van der Waals surface area contributed by atoms with Crippen LogP contribution < -0.4 is 10.0 Å². The van der Waals surface area contributed by atoms with Gasteiger partial charge in [-0.25, -0.2) is 13.1 Å². The Labute approximate surface area is 168 Å². The van der Waals surface area contributed by atoms with Crippen LogP contribution in [0.2, 0.25) is 0 Å². The predicted octanol–water partition coefficient (Wildman–Crippen LogP) is 3.52. The minimum atomic E-state index is -3.18. The molecule has 2 aromatic rings. The second-order valence-electron chi connectivity index (χ2n) is 8.18. The molecule has 0 aliphatic heterocycles. The monoisotopic (exact) mass is 398 g/mol. The number of hydrogen-bond acceptors (Lipinski definition) is 3. The highest BCUT2D eigenvalue weighted by Crippen LogP contribution is 2.35. The van der Waals surface area contributed by atoms with Crippen LogP contribution >= 0.6 is 0 Å². The van der Waals surface area contributed by atoms with Crippen molar-refractivity contribution < 1.29 is 8.42 Å². The first-order valence-electron chi connectivity index (χ1n) is 10.4. The van der Waals surface area contributed by atoms with Crippen molar-refractivity contribution in [2.45, 2.75) is 62.3 Å². The van der Waals surface area contributed by atoms with Crippen LogP contribution in [-0.4, -0.2) is 26.8 Å². The molecule has 0 bridgehead atoms. The van der Waals surface area contributed by atoms with Crippen molar-refractivity contribution in [2.75, 3.05) is 7.05 Å². The molecule has 0 amide bonds. The van der Waals surface area contributed by atoms with Gasteiger partial charge in [0.25, 0.3) is 0 Å². The van der Waals surface area contributed by atoms with E-state index in [1.54, 1.807) is 0 Å². The van der Waals surface area contributed by atoms with Gasteiger partial charge in [0.05, 0.1) is 5.25 Å². The van der Waals surface area contributed by atoms with Crippen molar-refractivity contribution in [3.63, 3.8) is 0 Å². The van der Waals surface area contributed by atoms with E-state index in [-0.39, 0.29) is 5.25 Å². The van der Waals surface area contributed by atoms with E-state index in [0.29, 0.717) is 18.5 Å². The van der Waals surface area contributed by atoms with Crippen LogP contribution in [0.5, 0.6) is 0 Å². The molecule has 2 atom stereocenters. The fourth-order valence-electron chi connectivity index (χ4n) is 4.50. The molecule has 0 heterocycles. The molecule has 0 radical (unpaired) electrons. The third kappa shape index (κ3) is 4.17. The van der Waals surface area contributed by atoms with Gasteiger partial charge in [0.2, 0.25) is 10.0 Å². The van der Waals surface area contributed by atoms with Crippen LogP contribution in [0.3, 0.4) is 0 Å². The summed E-state index contributed by atoms with van der Waals surface area (Å²) < 4.78 is 27.5. The lowest BCUT2D eigenvalue weighted by Gasteiger charge is -2.34. The van der Waals surface area contributed by atoms with Gasteiger partial charge in [0.15, 0.2) is 0 Å². The Morgan fingerprint density at radius 1 is 1.00 bits per heavy atom. The summed E-state index contributed by atoms with van der Waals surface area (Å²) in [5.74, 6) is 0.402. The first-order chi connectivity index (χ1) is 13.6. The minimum Gasteiger partial charge on any atom is -0.316 e. The summed E-state index contributed by atoms with van der Waals surface area (Å²) >= 11 is 0. The Morgan fingerprint density at radius 3 is 2.46 bits per heavy atom. The SMILES string of the molecule is CNC1CCc2ccc(CNS(=O)(=O)C3CCC3)cc2C1Cc1ccccc1. The zero-order valence-corrected chi connectivity index (χ0v) is 17.3. The van der Waals surface area contributed by atoms with E-state index >= 15 is 0 Å². The normalized spacial score (nSPS) is 22.5. The Kier molecular flexibility index (Phi) is 5.85. The quantitative estimate of drug-likeness (QED) is 0.750. The van der Waals surface area contributed by atoms with Gasteiger partial charge in [-0.2, -0.15) is 0 Å². The smallest absolute Gasteiger partial charge is 0.214 e. The molecule has 4 nitrogen and oxygen atoms in total. The predicted molar refractivity (Wildman–Crippen MR) is 114 cm³/mol. The highest BCUT2D eigenvalue weighted by atomic mass is 32.2. The molecule has 0 saturated heterocycles. The maximum Gasteiger partial charge on any atom is 0.214 e. The molecule has 4 rings (SSSR count). The molecular weight excluding hydrogens is 368 g/mol. The van der Waals surface area contributed by atoms with E-state index in [0.717, 1.165) is 44.1 Å². The van der Waals surface area contributed by atoms with Crippen LogP contribution in [0, 0.1) is 0 Å². The topological polar surface area (TPSA) is 58.2 Å². The second kappa shape index (κ2) is 8.36. The lowest BCUT2D eigenvalue weighted by Crippen LogP contribution is -2.38. The molecule has 1 fully saturated rings. The number of hydrogen-bond donors (Lipinski definition) is 2. The fourth-order valence-corrected chi connectivity index (χ4v) is 6.06. The van der Waals surface area contributed by atoms with Crippen LogP contribution in [-0.2, 0) is 29.4 Å². The summed E-state index contributed by atoms with van der Waals surface area (Å²) in [4.78, 5) is 0. The summed E-state index contributed by atoms with van der Waals surface area (Å²) in [6.07, 6.45) is 5.81.